The number of rotatable bonds is 5. The zero-order valence-electron chi connectivity index (χ0n) is 14.0. The predicted molar refractivity (Wildman–Crippen MR) is 82.4 cm³/mol. The third kappa shape index (κ3) is 4.17. The smallest absolute Gasteiger partial charge is 0.0614 e. The quantitative estimate of drug-likeness (QED) is 0.806. The molecule has 0 spiro atoms. The van der Waals surface area contributed by atoms with Crippen molar-refractivity contribution in [1.82, 2.24) is 10.2 Å². The van der Waals surface area contributed by atoms with Crippen LogP contribution in [0.15, 0.2) is 0 Å². The molecule has 0 aromatic carbocycles. The molecule has 19 heavy (non-hydrogen) atoms. The van der Waals surface area contributed by atoms with E-state index in [0.29, 0.717) is 23.5 Å². The first-order chi connectivity index (χ1) is 8.61. The summed E-state index contributed by atoms with van der Waals surface area (Å²) in [6.07, 6.45) is 3.31. The second-order valence-corrected chi connectivity index (χ2v) is 7.84. The van der Waals surface area contributed by atoms with Crippen molar-refractivity contribution >= 4 is 0 Å². The molecule has 3 heteroatoms. The second kappa shape index (κ2) is 6.11. The lowest BCUT2D eigenvalue weighted by Crippen LogP contribution is -2.51. The summed E-state index contributed by atoms with van der Waals surface area (Å²) in [4.78, 5) is 2.51. The normalized spacial score (nSPS) is 30.3. The van der Waals surface area contributed by atoms with Gasteiger partial charge in [-0.05, 0) is 38.6 Å². The Hall–Kier alpha value is -0.120. The molecule has 1 aliphatic rings. The van der Waals surface area contributed by atoms with E-state index in [4.69, 9.17) is 0 Å². The third-order valence-corrected chi connectivity index (χ3v) is 4.92. The Balaban J connectivity index is 2.69. The fourth-order valence-electron chi connectivity index (χ4n) is 3.31. The van der Waals surface area contributed by atoms with Crippen molar-refractivity contribution in [2.45, 2.75) is 84.5 Å². The van der Waals surface area contributed by atoms with Crippen LogP contribution in [0.4, 0.5) is 0 Å². The molecular formula is C16H34N2O. The van der Waals surface area contributed by atoms with Crippen LogP contribution < -0.4 is 5.32 Å². The van der Waals surface area contributed by atoms with Crippen molar-refractivity contribution in [2.24, 2.45) is 5.41 Å². The summed E-state index contributed by atoms with van der Waals surface area (Å²) in [7, 11) is 2.24. The van der Waals surface area contributed by atoms with Gasteiger partial charge >= 0.3 is 0 Å². The number of aliphatic hydroxyl groups is 1. The third-order valence-electron chi connectivity index (χ3n) is 4.92. The Bertz CT molecular complexity index is 285. The van der Waals surface area contributed by atoms with Gasteiger partial charge < -0.3 is 15.3 Å². The van der Waals surface area contributed by atoms with Crippen LogP contribution in [-0.4, -0.2) is 47.3 Å². The number of aliphatic hydroxyl groups excluding tert-OH is 1. The van der Waals surface area contributed by atoms with Gasteiger partial charge in [0.05, 0.1) is 6.61 Å². The Kier molecular flexibility index (Phi) is 5.44. The van der Waals surface area contributed by atoms with Crippen molar-refractivity contribution in [3.8, 4) is 0 Å². The first-order valence-electron chi connectivity index (χ1n) is 7.72. The van der Waals surface area contributed by atoms with E-state index in [1.807, 2.05) is 0 Å². The van der Waals surface area contributed by atoms with Crippen LogP contribution in [0.2, 0.25) is 0 Å². The average molecular weight is 270 g/mol. The van der Waals surface area contributed by atoms with E-state index in [1.54, 1.807) is 0 Å². The molecular weight excluding hydrogens is 236 g/mol. The van der Waals surface area contributed by atoms with Gasteiger partial charge in [0, 0.05) is 23.7 Å². The van der Waals surface area contributed by atoms with Crippen molar-refractivity contribution in [3.05, 3.63) is 0 Å². The Morgan fingerprint density at radius 3 is 2.32 bits per heavy atom. The van der Waals surface area contributed by atoms with Crippen LogP contribution in [-0.2, 0) is 0 Å². The highest BCUT2D eigenvalue weighted by Gasteiger charge is 2.42. The van der Waals surface area contributed by atoms with Gasteiger partial charge in [0.2, 0.25) is 0 Å². The molecule has 1 aliphatic carbocycles. The molecule has 3 atom stereocenters. The highest BCUT2D eigenvalue weighted by Crippen LogP contribution is 2.36. The lowest BCUT2D eigenvalue weighted by Gasteiger charge is -2.40. The Morgan fingerprint density at radius 1 is 1.32 bits per heavy atom. The van der Waals surface area contributed by atoms with E-state index in [9.17, 15) is 5.11 Å². The standard InChI is InChI=1S/C16H34N2O/c1-12(2)17-16(11-19)9-8-14(10-16)18(7)13(3)15(4,5)6/h12-14,17,19H,8-11H2,1-7H3. The van der Waals surface area contributed by atoms with Crippen molar-refractivity contribution in [2.75, 3.05) is 13.7 Å². The highest BCUT2D eigenvalue weighted by atomic mass is 16.3. The molecule has 2 N–H and O–H groups in total. The van der Waals surface area contributed by atoms with Gasteiger partial charge in [-0.1, -0.05) is 34.6 Å². The Labute approximate surface area is 119 Å². The van der Waals surface area contributed by atoms with E-state index in [2.05, 4.69) is 58.8 Å². The SMILES string of the molecule is CC(C)NC1(CO)CCC(N(C)C(C)C(C)(C)C)C1. The van der Waals surface area contributed by atoms with Crippen molar-refractivity contribution in [1.29, 1.82) is 0 Å². The largest absolute Gasteiger partial charge is 0.394 e. The van der Waals surface area contributed by atoms with Crippen molar-refractivity contribution < 1.29 is 5.11 Å². The minimum absolute atomic E-state index is 0.0648. The zero-order valence-corrected chi connectivity index (χ0v) is 14.0. The predicted octanol–water partition coefficient (Wildman–Crippen LogP) is 2.63. The lowest BCUT2D eigenvalue weighted by molar-refractivity contribution is 0.0868. The molecule has 0 bridgehead atoms. The maximum Gasteiger partial charge on any atom is 0.0614 e. The lowest BCUT2D eigenvalue weighted by atomic mass is 9.86. The second-order valence-electron chi connectivity index (χ2n) is 7.84. The molecule has 0 aromatic heterocycles. The van der Waals surface area contributed by atoms with Crippen molar-refractivity contribution in [3.63, 3.8) is 0 Å². The molecule has 0 saturated heterocycles. The van der Waals surface area contributed by atoms with Crippen LogP contribution in [0.1, 0.15) is 60.8 Å². The van der Waals surface area contributed by atoms with Gasteiger partial charge in [-0.3, -0.25) is 0 Å². The van der Waals surface area contributed by atoms with Crippen LogP contribution in [0, 0.1) is 5.41 Å². The number of nitrogens with zero attached hydrogens (tertiary/aromatic N) is 1. The minimum atomic E-state index is -0.0648. The van der Waals surface area contributed by atoms with Gasteiger partial charge in [-0.2, -0.15) is 0 Å². The van der Waals surface area contributed by atoms with E-state index in [1.165, 1.54) is 6.42 Å². The first-order valence-corrected chi connectivity index (χ1v) is 7.72. The molecule has 1 rings (SSSR count). The summed E-state index contributed by atoms with van der Waals surface area (Å²) in [6, 6.07) is 1.55. The summed E-state index contributed by atoms with van der Waals surface area (Å²) >= 11 is 0. The summed E-state index contributed by atoms with van der Waals surface area (Å²) in [5, 5.41) is 13.4. The molecule has 1 saturated carbocycles. The summed E-state index contributed by atoms with van der Waals surface area (Å²) in [5.74, 6) is 0. The van der Waals surface area contributed by atoms with E-state index in [-0.39, 0.29) is 12.1 Å². The van der Waals surface area contributed by atoms with Crippen LogP contribution in [0.3, 0.4) is 0 Å². The molecule has 0 heterocycles. The Morgan fingerprint density at radius 2 is 1.89 bits per heavy atom. The van der Waals surface area contributed by atoms with E-state index < -0.39 is 0 Å². The molecule has 0 radical (unpaired) electrons. The van der Waals surface area contributed by atoms with Crippen LogP contribution in [0.25, 0.3) is 0 Å². The van der Waals surface area contributed by atoms with Gasteiger partial charge in [0.1, 0.15) is 0 Å². The summed E-state index contributed by atoms with van der Waals surface area (Å²) in [6.45, 7) is 13.8. The summed E-state index contributed by atoms with van der Waals surface area (Å²) in [5.41, 5.74) is 0.232. The molecule has 0 amide bonds. The zero-order chi connectivity index (χ0) is 14.8. The first kappa shape index (κ1) is 16.9. The van der Waals surface area contributed by atoms with Crippen LogP contribution in [0.5, 0.6) is 0 Å². The maximum atomic E-state index is 9.78. The minimum Gasteiger partial charge on any atom is -0.394 e. The number of nitrogens with one attached hydrogen (secondary N) is 1. The molecule has 0 aliphatic heterocycles. The van der Waals surface area contributed by atoms with Crippen LogP contribution >= 0.6 is 0 Å². The molecule has 3 unspecified atom stereocenters. The molecule has 1 fully saturated rings. The molecule has 0 aromatic rings. The number of hydrogen-bond acceptors (Lipinski definition) is 3. The van der Waals surface area contributed by atoms with E-state index in [0.717, 1.165) is 12.8 Å². The van der Waals surface area contributed by atoms with Gasteiger partial charge in [0.25, 0.3) is 0 Å². The topological polar surface area (TPSA) is 35.5 Å². The van der Waals surface area contributed by atoms with Gasteiger partial charge in [-0.15, -0.1) is 0 Å². The summed E-state index contributed by atoms with van der Waals surface area (Å²) < 4.78 is 0. The molecule has 3 nitrogen and oxygen atoms in total. The van der Waals surface area contributed by atoms with Gasteiger partial charge in [0.15, 0.2) is 0 Å². The van der Waals surface area contributed by atoms with E-state index >= 15 is 0 Å². The molecule has 114 valence electrons. The average Bonchev–Trinajstić information content (AvgIpc) is 2.70. The monoisotopic (exact) mass is 270 g/mol. The fourth-order valence-corrected chi connectivity index (χ4v) is 3.31. The number of hydrogen-bond donors (Lipinski definition) is 2. The highest BCUT2D eigenvalue weighted by molar-refractivity contribution is 5.01. The fraction of sp³-hybridized carbons (Fsp3) is 1.00. The maximum absolute atomic E-state index is 9.78. The van der Waals surface area contributed by atoms with Gasteiger partial charge in [-0.25, -0.2) is 0 Å².